The SMILES string of the molecule is COC(C)CN(CCCCc1ccc2c(n1)NCCC2)CCC(Nc1nc2ccccc2n1C)C(=O)O. The molecule has 0 amide bonds. The standard InChI is InChI=1S/C28H40N6O3/c1-20(37-3)19-34(17-7-6-10-22-14-13-21-9-8-16-29-26(21)30-22)18-15-24(27(35)36)32-28-31-23-11-4-5-12-25(23)33(28)2/h4-5,11-14,20,24H,6-10,15-19H2,1-3H3,(H,29,30)(H,31,32)(H,35,36). The van der Waals surface area contributed by atoms with Gasteiger partial charge in [-0.1, -0.05) is 18.2 Å². The number of anilines is 2. The summed E-state index contributed by atoms with van der Waals surface area (Å²) in [5, 5.41) is 16.5. The van der Waals surface area contributed by atoms with E-state index in [1.54, 1.807) is 7.11 Å². The number of aromatic nitrogens is 3. The quantitative estimate of drug-likeness (QED) is 0.281. The molecule has 0 saturated heterocycles. The van der Waals surface area contributed by atoms with Crippen molar-refractivity contribution in [3.05, 3.63) is 47.7 Å². The highest BCUT2D eigenvalue weighted by Gasteiger charge is 2.22. The number of pyridine rings is 1. The zero-order chi connectivity index (χ0) is 26.2. The first-order chi connectivity index (χ1) is 17.9. The van der Waals surface area contributed by atoms with Gasteiger partial charge in [-0.2, -0.15) is 0 Å². The number of hydrogen-bond acceptors (Lipinski definition) is 7. The Morgan fingerprint density at radius 2 is 2.05 bits per heavy atom. The predicted molar refractivity (Wildman–Crippen MR) is 147 cm³/mol. The number of methoxy groups -OCH3 is 1. The van der Waals surface area contributed by atoms with Gasteiger partial charge >= 0.3 is 5.97 Å². The third-order valence-corrected chi connectivity index (χ3v) is 7.15. The Bertz CT molecular complexity index is 1180. The van der Waals surface area contributed by atoms with Gasteiger partial charge < -0.3 is 29.9 Å². The van der Waals surface area contributed by atoms with Crippen LogP contribution >= 0.6 is 0 Å². The van der Waals surface area contributed by atoms with Crippen LogP contribution in [0.2, 0.25) is 0 Å². The zero-order valence-corrected chi connectivity index (χ0v) is 22.2. The van der Waals surface area contributed by atoms with Crippen molar-refractivity contribution in [2.75, 3.05) is 43.9 Å². The largest absolute Gasteiger partial charge is 0.480 e. The van der Waals surface area contributed by atoms with Gasteiger partial charge in [0.2, 0.25) is 5.95 Å². The van der Waals surface area contributed by atoms with Crippen LogP contribution < -0.4 is 10.6 Å². The number of fused-ring (bicyclic) bond motifs is 2. The number of carboxylic acids is 1. The van der Waals surface area contributed by atoms with E-state index in [-0.39, 0.29) is 6.10 Å². The first-order valence-electron chi connectivity index (χ1n) is 13.3. The minimum atomic E-state index is -0.876. The number of carbonyl (C=O) groups is 1. The molecule has 3 N–H and O–H groups in total. The second-order valence-corrected chi connectivity index (χ2v) is 9.95. The Morgan fingerprint density at radius 1 is 1.22 bits per heavy atom. The smallest absolute Gasteiger partial charge is 0.326 e. The van der Waals surface area contributed by atoms with Crippen LogP contribution in [-0.4, -0.2) is 75.9 Å². The minimum absolute atomic E-state index is 0.0736. The fourth-order valence-electron chi connectivity index (χ4n) is 4.88. The van der Waals surface area contributed by atoms with Crippen molar-refractivity contribution in [3.8, 4) is 0 Å². The number of rotatable bonds is 14. The molecule has 2 atom stereocenters. The molecule has 3 aromatic rings. The van der Waals surface area contributed by atoms with E-state index in [9.17, 15) is 9.90 Å². The van der Waals surface area contributed by atoms with Gasteiger partial charge in [-0.15, -0.1) is 0 Å². The maximum absolute atomic E-state index is 12.1. The van der Waals surface area contributed by atoms with Gasteiger partial charge in [0.25, 0.3) is 0 Å². The van der Waals surface area contributed by atoms with Gasteiger partial charge in [0.15, 0.2) is 0 Å². The van der Waals surface area contributed by atoms with Crippen molar-refractivity contribution in [2.45, 2.75) is 57.6 Å². The maximum atomic E-state index is 12.1. The topological polar surface area (TPSA) is 105 Å². The highest BCUT2D eigenvalue weighted by atomic mass is 16.5. The number of imidazole rings is 1. The van der Waals surface area contributed by atoms with Crippen LogP contribution in [0.1, 0.15) is 43.9 Å². The van der Waals surface area contributed by atoms with Crippen LogP contribution in [0.3, 0.4) is 0 Å². The summed E-state index contributed by atoms with van der Waals surface area (Å²) in [5.74, 6) is 0.739. The summed E-state index contributed by atoms with van der Waals surface area (Å²) in [6.07, 6.45) is 5.79. The molecule has 4 rings (SSSR count). The van der Waals surface area contributed by atoms with Crippen molar-refractivity contribution < 1.29 is 14.6 Å². The van der Waals surface area contributed by atoms with E-state index in [0.717, 1.165) is 67.9 Å². The molecule has 9 nitrogen and oxygen atoms in total. The highest BCUT2D eigenvalue weighted by molar-refractivity contribution is 5.81. The van der Waals surface area contributed by atoms with Crippen molar-refractivity contribution in [1.82, 2.24) is 19.4 Å². The number of benzene rings is 1. The number of aliphatic carboxylic acids is 1. The van der Waals surface area contributed by atoms with Crippen LogP contribution in [0.4, 0.5) is 11.8 Å². The minimum Gasteiger partial charge on any atom is -0.480 e. The number of hydrogen-bond donors (Lipinski definition) is 3. The summed E-state index contributed by atoms with van der Waals surface area (Å²) in [6, 6.07) is 11.4. The van der Waals surface area contributed by atoms with E-state index >= 15 is 0 Å². The van der Waals surface area contributed by atoms with E-state index in [1.165, 1.54) is 12.0 Å². The third-order valence-electron chi connectivity index (χ3n) is 7.15. The van der Waals surface area contributed by atoms with Gasteiger partial charge in [0.1, 0.15) is 11.9 Å². The third kappa shape index (κ3) is 7.20. The van der Waals surface area contributed by atoms with Gasteiger partial charge in [-0.25, -0.2) is 14.8 Å². The lowest BCUT2D eigenvalue weighted by Gasteiger charge is -2.26. The first kappa shape index (κ1) is 26.9. The lowest BCUT2D eigenvalue weighted by molar-refractivity contribution is -0.138. The van der Waals surface area contributed by atoms with Crippen molar-refractivity contribution in [3.63, 3.8) is 0 Å². The zero-order valence-electron chi connectivity index (χ0n) is 22.2. The molecular formula is C28H40N6O3. The summed E-state index contributed by atoms with van der Waals surface area (Å²) < 4.78 is 7.41. The normalized spacial score (nSPS) is 14.8. The number of ether oxygens (including phenoxy) is 1. The number of nitrogens with zero attached hydrogens (tertiary/aromatic N) is 4. The lowest BCUT2D eigenvalue weighted by atomic mass is 10.1. The van der Waals surface area contributed by atoms with Crippen LogP contribution in [-0.2, 0) is 29.4 Å². The molecule has 0 saturated carbocycles. The second kappa shape index (κ2) is 12.9. The Morgan fingerprint density at radius 3 is 2.84 bits per heavy atom. The van der Waals surface area contributed by atoms with Gasteiger partial charge in [0, 0.05) is 39.5 Å². The fraction of sp³-hybridized carbons (Fsp3) is 0.536. The van der Waals surface area contributed by atoms with E-state index in [1.807, 2.05) is 42.8 Å². The monoisotopic (exact) mass is 508 g/mol. The van der Waals surface area contributed by atoms with Gasteiger partial charge in [-0.05, 0) is 75.8 Å². The Balaban J connectivity index is 1.31. The summed E-state index contributed by atoms with van der Waals surface area (Å²) in [7, 11) is 3.61. The van der Waals surface area contributed by atoms with Crippen molar-refractivity contribution in [2.24, 2.45) is 7.05 Å². The average Bonchev–Trinajstić information content (AvgIpc) is 3.23. The molecule has 1 aliphatic rings. The molecule has 0 aliphatic carbocycles. The Kier molecular flexibility index (Phi) is 9.35. The molecule has 3 heterocycles. The lowest BCUT2D eigenvalue weighted by Crippen LogP contribution is -2.38. The number of para-hydroxylation sites is 2. The van der Waals surface area contributed by atoms with E-state index < -0.39 is 12.0 Å². The molecule has 0 fully saturated rings. The number of unbranched alkanes of at least 4 members (excludes halogenated alkanes) is 1. The first-order valence-corrected chi connectivity index (χ1v) is 13.3. The molecule has 1 aliphatic heterocycles. The molecule has 0 radical (unpaired) electrons. The molecule has 9 heteroatoms. The van der Waals surface area contributed by atoms with E-state index in [4.69, 9.17) is 9.72 Å². The van der Waals surface area contributed by atoms with Crippen molar-refractivity contribution >= 4 is 28.8 Å². The molecule has 2 aromatic heterocycles. The summed E-state index contributed by atoms with van der Waals surface area (Å²) in [6.45, 7) is 5.34. The molecular weight excluding hydrogens is 468 g/mol. The Labute approximate surface area is 219 Å². The molecule has 0 spiro atoms. The Hall–Kier alpha value is -3.17. The molecule has 37 heavy (non-hydrogen) atoms. The van der Waals surface area contributed by atoms with E-state index in [2.05, 4.69) is 32.7 Å². The molecule has 1 aromatic carbocycles. The molecule has 2 unspecified atom stereocenters. The second-order valence-electron chi connectivity index (χ2n) is 9.95. The van der Waals surface area contributed by atoms with Crippen LogP contribution in [0.25, 0.3) is 11.0 Å². The number of carboxylic acid groups (broad SMARTS) is 1. The molecule has 0 bridgehead atoms. The van der Waals surface area contributed by atoms with Crippen LogP contribution in [0, 0.1) is 0 Å². The van der Waals surface area contributed by atoms with Crippen LogP contribution in [0.15, 0.2) is 36.4 Å². The summed E-state index contributed by atoms with van der Waals surface area (Å²) >= 11 is 0. The average molecular weight is 509 g/mol. The van der Waals surface area contributed by atoms with Gasteiger partial charge in [-0.3, -0.25) is 0 Å². The predicted octanol–water partition coefficient (Wildman–Crippen LogP) is 3.94. The van der Waals surface area contributed by atoms with Crippen molar-refractivity contribution in [1.29, 1.82) is 0 Å². The van der Waals surface area contributed by atoms with E-state index in [0.29, 0.717) is 18.9 Å². The maximum Gasteiger partial charge on any atom is 0.326 e. The highest BCUT2D eigenvalue weighted by Crippen LogP contribution is 2.21. The molecule has 200 valence electrons. The number of nitrogens with one attached hydrogen (secondary N) is 2. The van der Waals surface area contributed by atoms with Crippen LogP contribution in [0.5, 0.6) is 0 Å². The number of aryl methyl sites for hydroxylation is 3. The summed E-state index contributed by atoms with van der Waals surface area (Å²) in [5.41, 5.74) is 4.25. The van der Waals surface area contributed by atoms with Gasteiger partial charge in [0.05, 0.1) is 17.1 Å². The fourth-order valence-corrected chi connectivity index (χ4v) is 4.88. The summed E-state index contributed by atoms with van der Waals surface area (Å²) in [4.78, 5) is 23.8.